The van der Waals surface area contributed by atoms with Crippen LogP contribution in [0.15, 0.2) is 164 Å². The zero-order valence-corrected chi connectivity index (χ0v) is 26.1. The van der Waals surface area contributed by atoms with Crippen LogP contribution in [0.25, 0.3) is 55.5 Å². The molecule has 0 spiro atoms. The average molecular weight is 591 g/mol. The van der Waals surface area contributed by atoms with Gasteiger partial charge in [-0.15, -0.1) is 0 Å². The van der Waals surface area contributed by atoms with Gasteiger partial charge in [0.25, 0.3) is 0 Å². The first-order chi connectivity index (χ1) is 22.7. The van der Waals surface area contributed by atoms with Gasteiger partial charge >= 0.3 is 0 Å². The molecular formula is C44H34N2. The highest BCUT2D eigenvalue weighted by Gasteiger charge is 2.16. The minimum atomic E-state index is 1.13. The Kier molecular flexibility index (Phi) is 6.96. The quantitative estimate of drug-likeness (QED) is 0.187. The number of rotatable bonds is 6. The van der Waals surface area contributed by atoms with Crippen LogP contribution in [0.4, 0.5) is 17.1 Å². The normalized spacial score (nSPS) is 11.6. The molecular weight excluding hydrogens is 556 g/mol. The smallest absolute Gasteiger partial charge is 0.0544 e. The Hall–Kier alpha value is -5.86. The molecule has 0 radical (unpaired) electrons. The maximum Gasteiger partial charge on any atom is 0.0544 e. The van der Waals surface area contributed by atoms with E-state index in [0.29, 0.717) is 0 Å². The summed E-state index contributed by atoms with van der Waals surface area (Å²) in [5.41, 5.74) is 12.0. The highest BCUT2D eigenvalue weighted by atomic mass is 15.1. The second kappa shape index (κ2) is 11.6. The van der Waals surface area contributed by atoms with Gasteiger partial charge in [-0.05, 0) is 102 Å². The molecule has 0 saturated carbocycles. The third kappa shape index (κ3) is 4.76. The standard InChI is InChI=1S/C44H34N2/c1-3-12-35-30-41-40-18-9-10-19-43(40)46(44(41)29-31(35)2)38-27-23-33(24-28-38)32-21-25-37(26-22-32)45(36-15-5-4-6-16-36)42-20-11-14-34-13-7-8-17-39(34)42/h3-30H,1-2H3/b12-3-. The number of nitrogens with zero attached hydrogens (tertiary/aromatic N) is 2. The van der Waals surface area contributed by atoms with Crippen molar-refractivity contribution < 1.29 is 0 Å². The molecule has 0 amide bonds. The second-order valence-corrected chi connectivity index (χ2v) is 11.8. The van der Waals surface area contributed by atoms with Gasteiger partial charge in [-0.1, -0.05) is 109 Å². The number of hydrogen-bond donors (Lipinski definition) is 0. The Balaban J connectivity index is 1.17. The molecule has 0 N–H and O–H groups in total. The zero-order valence-electron chi connectivity index (χ0n) is 26.1. The fourth-order valence-electron chi connectivity index (χ4n) is 6.79. The summed E-state index contributed by atoms with van der Waals surface area (Å²) in [5.74, 6) is 0. The number of aromatic nitrogens is 1. The summed E-state index contributed by atoms with van der Waals surface area (Å²) < 4.78 is 2.39. The van der Waals surface area contributed by atoms with Crippen LogP contribution in [0, 0.1) is 6.92 Å². The Morgan fingerprint density at radius 3 is 1.91 bits per heavy atom. The van der Waals surface area contributed by atoms with Crippen molar-refractivity contribution in [1.82, 2.24) is 4.57 Å². The van der Waals surface area contributed by atoms with Crippen LogP contribution in [0.2, 0.25) is 0 Å². The molecule has 0 fully saturated rings. The van der Waals surface area contributed by atoms with Crippen molar-refractivity contribution in [2.24, 2.45) is 0 Å². The minimum absolute atomic E-state index is 1.13. The summed E-state index contributed by atoms with van der Waals surface area (Å²) >= 11 is 0. The minimum Gasteiger partial charge on any atom is -0.310 e. The third-order valence-electron chi connectivity index (χ3n) is 9.01. The Bertz CT molecular complexity index is 2350. The van der Waals surface area contributed by atoms with Gasteiger partial charge in [0.1, 0.15) is 0 Å². The van der Waals surface area contributed by atoms with Crippen molar-refractivity contribution in [1.29, 1.82) is 0 Å². The van der Waals surface area contributed by atoms with Crippen molar-refractivity contribution in [3.8, 4) is 16.8 Å². The highest BCUT2D eigenvalue weighted by Crippen LogP contribution is 2.40. The van der Waals surface area contributed by atoms with Crippen LogP contribution >= 0.6 is 0 Å². The molecule has 0 aliphatic rings. The van der Waals surface area contributed by atoms with Crippen LogP contribution in [0.5, 0.6) is 0 Å². The molecule has 8 aromatic rings. The van der Waals surface area contributed by atoms with Gasteiger partial charge in [-0.3, -0.25) is 0 Å². The first-order valence-corrected chi connectivity index (χ1v) is 15.9. The van der Waals surface area contributed by atoms with Crippen molar-refractivity contribution >= 4 is 55.7 Å². The van der Waals surface area contributed by atoms with E-state index in [4.69, 9.17) is 0 Å². The van der Waals surface area contributed by atoms with Crippen molar-refractivity contribution in [2.45, 2.75) is 13.8 Å². The number of aryl methyl sites for hydroxylation is 1. The van der Waals surface area contributed by atoms with Gasteiger partial charge in [0.15, 0.2) is 0 Å². The predicted molar refractivity (Wildman–Crippen MR) is 198 cm³/mol. The molecule has 1 heterocycles. The van der Waals surface area contributed by atoms with Gasteiger partial charge in [0.2, 0.25) is 0 Å². The summed E-state index contributed by atoms with van der Waals surface area (Å²) in [6.07, 6.45) is 4.31. The number of para-hydroxylation sites is 2. The largest absolute Gasteiger partial charge is 0.310 e. The summed E-state index contributed by atoms with van der Waals surface area (Å²) in [6, 6.07) is 57.0. The van der Waals surface area contributed by atoms with Crippen molar-refractivity contribution in [2.75, 3.05) is 4.90 Å². The van der Waals surface area contributed by atoms with Gasteiger partial charge in [0, 0.05) is 33.2 Å². The molecule has 8 rings (SSSR count). The molecule has 0 atom stereocenters. The van der Waals surface area contributed by atoms with E-state index in [1.165, 1.54) is 60.5 Å². The van der Waals surface area contributed by atoms with E-state index in [1.807, 2.05) is 0 Å². The molecule has 1 aromatic heterocycles. The van der Waals surface area contributed by atoms with E-state index in [0.717, 1.165) is 17.1 Å². The molecule has 0 saturated heterocycles. The second-order valence-electron chi connectivity index (χ2n) is 11.8. The topological polar surface area (TPSA) is 8.17 Å². The summed E-state index contributed by atoms with van der Waals surface area (Å²) in [6.45, 7) is 4.27. The summed E-state index contributed by atoms with van der Waals surface area (Å²) in [7, 11) is 0. The maximum atomic E-state index is 2.39. The number of fused-ring (bicyclic) bond motifs is 4. The lowest BCUT2D eigenvalue weighted by atomic mass is 10.0. The van der Waals surface area contributed by atoms with Crippen LogP contribution < -0.4 is 4.90 Å². The van der Waals surface area contributed by atoms with Crippen molar-refractivity contribution in [3.63, 3.8) is 0 Å². The monoisotopic (exact) mass is 590 g/mol. The number of hydrogen-bond acceptors (Lipinski definition) is 1. The summed E-state index contributed by atoms with van der Waals surface area (Å²) in [4.78, 5) is 2.35. The molecule has 0 bridgehead atoms. The van der Waals surface area contributed by atoms with E-state index >= 15 is 0 Å². The van der Waals surface area contributed by atoms with Crippen LogP contribution in [0.3, 0.4) is 0 Å². The Labute approximate surface area is 270 Å². The molecule has 220 valence electrons. The number of anilines is 3. The van der Waals surface area contributed by atoms with Crippen molar-refractivity contribution in [3.05, 3.63) is 175 Å². The van der Waals surface area contributed by atoms with E-state index in [1.54, 1.807) is 0 Å². The summed E-state index contributed by atoms with van der Waals surface area (Å²) in [5, 5.41) is 5.02. The average Bonchev–Trinajstić information content (AvgIpc) is 3.42. The van der Waals surface area contributed by atoms with Gasteiger partial charge in [0.05, 0.1) is 16.7 Å². The first-order valence-electron chi connectivity index (χ1n) is 15.9. The van der Waals surface area contributed by atoms with E-state index in [-0.39, 0.29) is 0 Å². The fourth-order valence-corrected chi connectivity index (χ4v) is 6.79. The lowest BCUT2D eigenvalue weighted by Gasteiger charge is -2.27. The van der Waals surface area contributed by atoms with E-state index in [2.05, 4.69) is 193 Å². The van der Waals surface area contributed by atoms with E-state index < -0.39 is 0 Å². The number of allylic oxidation sites excluding steroid dienone is 1. The molecule has 7 aromatic carbocycles. The van der Waals surface area contributed by atoms with Gasteiger partial charge < -0.3 is 9.47 Å². The lowest BCUT2D eigenvalue weighted by molar-refractivity contribution is 1.18. The third-order valence-corrected chi connectivity index (χ3v) is 9.01. The molecule has 0 unspecified atom stereocenters. The Morgan fingerprint density at radius 1 is 0.522 bits per heavy atom. The fraction of sp³-hybridized carbons (Fsp3) is 0.0455. The van der Waals surface area contributed by atoms with Gasteiger partial charge in [-0.2, -0.15) is 0 Å². The first kappa shape index (κ1) is 27.7. The number of benzene rings is 7. The molecule has 2 heteroatoms. The lowest BCUT2D eigenvalue weighted by Crippen LogP contribution is -2.10. The van der Waals surface area contributed by atoms with E-state index in [9.17, 15) is 0 Å². The molecule has 0 aliphatic heterocycles. The maximum absolute atomic E-state index is 2.39. The molecule has 0 aliphatic carbocycles. The predicted octanol–water partition coefficient (Wildman–Crippen LogP) is 12.4. The zero-order chi connectivity index (χ0) is 31.0. The van der Waals surface area contributed by atoms with Crippen LogP contribution in [0.1, 0.15) is 18.1 Å². The van der Waals surface area contributed by atoms with Gasteiger partial charge in [-0.25, -0.2) is 0 Å². The Morgan fingerprint density at radius 2 is 1.15 bits per heavy atom. The van der Waals surface area contributed by atoms with Crippen LogP contribution in [-0.4, -0.2) is 4.57 Å². The molecule has 2 nitrogen and oxygen atoms in total. The molecule has 46 heavy (non-hydrogen) atoms. The SMILES string of the molecule is C/C=C\c1cc2c3ccccc3n(-c3ccc(-c4ccc(N(c5ccccc5)c5cccc6ccccc56)cc4)cc3)c2cc1C. The highest BCUT2D eigenvalue weighted by molar-refractivity contribution is 6.10. The van der Waals surface area contributed by atoms with Crippen LogP contribution in [-0.2, 0) is 0 Å².